The number of aromatic nitrogens is 3. The summed E-state index contributed by atoms with van der Waals surface area (Å²) in [6.45, 7) is 2.53. The van der Waals surface area contributed by atoms with E-state index in [-0.39, 0.29) is 18.7 Å². The number of fused-ring (bicyclic) bond motifs is 1. The zero-order valence-corrected chi connectivity index (χ0v) is 18.5. The molecule has 0 saturated carbocycles. The molecule has 0 bridgehead atoms. The van der Waals surface area contributed by atoms with Crippen LogP contribution in [0.3, 0.4) is 0 Å². The molecule has 34 heavy (non-hydrogen) atoms. The number of hydrogen-bond acceptors (Lipinski definition) is 6. The Morgan fingerprint density at radius 3 is 2.65 bits per heavy atom. The molecular formula is C26H22N4O4. The average molecular weight is 454 g/mol. The quantitative estimate of drug-likeness (QED) is 0.407. The number of anilines is 1. The van der Waals surface area contributed by atoms with Crippen molar-refractivity contribution in [2.24, 2.45) is 0 Å². The van der Waals surface area contributed by atoms with Crippen molar-refractivity contribution in [3.05, 3.63) is 84.4 Å². The first kappa shape index (κ1) is 21.3. The minimum Gasteiger partial charge on any atom is -0.463 e. The Morgan fingerprint density at radius 1 is 1.06 bits per heavy atom. The molecule has 1 aromatic heterocycles. The van der Waals surface area contributed by atoms with Gasteiger partial charge in [-0.25, -0.2) is 4.68 Å². The molecule has 0 radical (unpaired) electrons. The Balaban J connectivity index is 1.37. The van der Waals surface area contributed by atoms with E-state index < -0.39 is 0 Å². The van der Waals surface area contributed by atoms with Gasteiger partial charge in [0.15, 0.2) is 17.3 Å². The third-order valence-corrected chi connectivity index (χ3v) is 5.10. The summed E-state index contributed by atoms with van der Waals surface area (Å²) in [6, 6.07) is 22.9. The number of ether oxygens (including phenoxy) is 3. The number of carbonyl (C=O) groups is 1. The fourth-order valence-electron chi connectivity index (χ4n) is 3.49. The van der Waals surface area contributed by atoms with Gasteiger partial charge >= 0.3 is 6.01 Å². The lowest BCUT2D eigenvalue weighted by atomic mass is 10.2. The highest BCUT2D eigenvalue weighted by atomic mass is 16.7. The lowest BCUT2D eigenvalue weighted by Crippen LogP contribution is -2.08. The predicted octanol–water partition coefficient (Wildman–Crippen LogP) is 4.71. The van der Waals surface area contributed by atoms with E-state index in [2.05, 4.69) is 15.4 Å². The van der Waals surface area contributed by atoms with E-state index in [1.807, 2.05) is 79.7 Å². The van der Waals surface area contributed by atoms with Crippen molar-refractivity contribution in [3.8, 4) is 34.6 Å². The van der Waals surface area contributed by atoms with Gasteiger partial charge in [-0.05, 0) is 61.0 Å². The molecule has 0 atom stereocenters. The molecule has 1 aliphatic heterocycles. The molecule has 1 N–H and O–H groups in total. The second kappa shape index (κ2) is 9.50. The Hall–Kier alpha value is -4.59. The Labute approximate surface area is 196 Å². The van der Waals surface area contributed by atoms with Crippen LogP contribution in [0.4, 0.5) is 5.69 Å². The van der Waals surface area contributed by atoms with E-state index in [4.69, 9.17) is 14.2 Å². The predicted molar refractivity (Wildman–Crippen MR) is 128 cm³/mol. The van der Waals surface area contributed by atoms with Crippen molar-refractivity contribution >= 4 is 17.7 Å². The molecule has 8 heteroatoms. The lowest BCUT2D eigenvalue weighted by Gasteiger charge is -2.08. The van der Waals surface area contributed by atoms with Crippen LogP contribution in [0.1, 0.15) is 12.5 Å². The SMILES string of the molecule is CCOc1nc(-c2ccc3c(c2)OCO3)n(-c2ccc(NC(=O)/C=C/c3ccccc3)cc2)n1. The molecule has 1 amide bonds. The first-order chi connectivity index (χ1) is 16.7. The maximum Gasteiger partial charge on any atom is 0.336 e. The van der Waals surface area contributed by atoms with Gasteiger partial charge in [0.1, 0.15) is 0 Å². The molecule has 0 saturated heterocycles. The minimum absolute atomic E-state index is 0.198. The molecule has 2 heterocycles. The first-order valence-electron chi connectivity index (χ1n) is 10.8. The molecule has 3 aromatic carbocycles. The normalized spacial score (nSPS) is 12.1. The minimum atomic E-state index is -0.211. The summed E-state index contributed by atoms with van der Waals surface area (Å²) in [5, 5.41) is 7.37. The van der Waals surface area contributed by atoms with Crippen molar-refractivity contribution in [2.75, 3.05) is 18.7 Å². The van der Waals surface area contributed by atoms with E-state index >= 15 is 0 Å². The highest BCUT2D eigenvalue weighted by Crippen LogP contribution is 2.36. The van der Waals surface area contributed by atoms with Gasteiger partial charge in [0.25, 0.3) is 0 Å². The number of benzene rings is 3. The summed E-state index contributed by atoms with van der Waals surface area (Å²) >= 11 is 0. The Morgan fingerprint density at radius 2 is 1.85 bits per heavy atom. The van der Waals surface area contributed by atoms with Gasteiger partial charge < -0.3 is 19.5 Å². The molecule has 5 rings (SSSR count). The van der Waals surface area contributed by atoms with Gasteiger partial charge in [-0.1, -0.05) is 30.3 Å². The molecule has 8 nitrogen and oxygen atoms in total. The standard InChI is InChI=1S/C26H22N4O4/c1-2-32-26-28-25(19-9-14-22-23(16-19)34-17-33-22)30(29-26)21-12-10-20(11-13-21)27-24(31)15-8-18-6-4-3-5-7-18/h3-16H,2,17H2,1H3,(H,27,31)/b15-8+. The van der Waals surface area contributed by atoms with Gasteiger partial charge in [0, 0.05) is 17.3 Å². The van der Waals surface area contributed by atoms with Gasteiger partial charge in [-0.3, -0.25) is 4.79 Å². The Bertz CT molecular complexity index is 1330. The number of rotatable bonds is 7. The van der Waals surface area contributed by atoms with E-state index in [0.717, 1.165) is 16.8 Å². The number of carbonyl (C=O) groups excluding carboxylic acids is 1. The monoisotopic (exact) mass is 454 g/mol. The van der Waals surface area contributed by atoms with Crippen LogP contribution in [-0.4, -0.2) is 34.1 Å². The molecule has 0 unspecified atom stereocenters. The Kier molecular flexibility index (Phi) is 5.94. The zero-order chi connectivity index (χ0) is 23.3. The number of nitrogens with zero attached hydrogens (tertiary/aromatic N) is 3. The summed E-state index contributed by atoms with van der Waals surface area (Å²) in [7, 11) is 0. The maximum absolute atomic E-state index is 12.3. The van der Waals surface area contributed by atoms with E-state index in [1.54, 1.807) is 10.8 Å². The fourth-order valence-corrected chi connectivity index (χ4v) is 3.49. The molecule has 0 fully saturated rings. The topological polar surface area (TPSA) is 87.5 Å². The van der Waals surface area contributed by atoms with Gasteiger partial charge in [-0.2, -0.15) is 4.98 Å². The summed E-state index contributed by atoms with van der Waals surface area (Å²) in [4.78, 5) is 16.8. The van der Waals surface area contributed by atoms with Crippen LogP contribution in [0.15, 0.2) is 78.9 Å². The molecule has 0 spiro atoms. The van der Waals surface area contributed by atoms with E-state index in [9.17, 15) is 4.79 Å². The van der Waals surface area contributed by atoms with Crippen molar-refractivity contribution < 1.29 is 19.0 Å². The highest BCUT2D eigenvalue weighted by Gasteiger charge is 2.19. The fraction of sp³-hybridized carbons (Fsp3) is 0.115. The average Bonchev–Trinajstić information content (AvgIpc) is 3.51. The molecule has 170 valence electrons. The van der Waals surface area contributed by atoms with Crippen LogP contribution >= 0.6 is 0 Å². The van der Waals surface area contributed by atoms with Crippen molar-refractivity contribution in [1.29, 1.82) is 0 Å². The lowest BCUT2D eigenvalue weighted by molar-refractivity contribution is -0.111. The van der Waals surface area contributed by atoms with Crippen LogP contribution in [0, 0.1) is 0 Å². The second-order valence-corrected chi connectivity index (χ2v) is 7.41. The second-order valence-electron chi connectivity index (χ2n) is 7.41. The highest BCUT2D eigenvalue weighted by molar-refractivity contribution is 6.01. The van der Waals surface area contributed by atoms with E-state index in [0.29, 0.717) is 29.6 Å². The van der Waals surface area contributed by atoms with Gasteiger partial charge in [0.05, 0.1) is 12.3 Å². The van der Waals surface area contributed by atoms with E-state index in [1.165, 1.54) is 6.08 Å². The molecule has 4 aromatic rings. The summed E-state index contributed by atoms with van der Waals surface area (Å²) in [5.74, 6) is 1.74. The van der Waals surface area contributed by atoms with Crippen molar-refractivity contribution in [2.45, 2.75) is 6.92 Å². The summed E-state index contributed by atoms with van der Waals surface area (Å²) in [5.41, 5.74) is 3.21. The van der Waals surface area contributed by atoms with Crippen LogP contribution in [0.5, 0.6) is 17.5 Å². The third-order valence-electron chi connectivity index (χ3n) is 5.10. The van der Waals surface area contributed by atoms with Crippen molar-refractivity contribution in [1.82, 2.24) is 14.8 Å². The van der Waals surface area contributed by atoms with Crippen LogP contribution < -0.4 is 19.5 Å². The molecule has 1 aliphatic rings. The maximum atomic E-state index is 12.3. The van der Waals surface area contributed by atoms with Crippen LogP contribution in [-0.2, 0) is 4.79 Å². The smallest absolute Gasteiger partial charge is 0.336 e. The zero-order valence-electron chi connectivity index (χ0n) is 18.5. The third kappa shape index (κ3) is 4.61. The van der Waals surface area contributed by atoms with Gasteiger partial charge in [-0.15, -0.1) is 5.10 Å². The summed E-state index contributed by atoms with van der Waals surface area (Å²) < 4.78 is 18.1. The molecular weight excluding hydrogens is 432 g/mol. The largest absolute Gasteiger partial charge is 0.463 e. The van der Waals surface area contributed by atoms with Crippen LogP contribution in [0.2, 0.25) is 0 Å². The molecule has 0 aliphatic carbocycles. The number of amides is 1. The first-order valence-corrected chi connectivity index (χ1v) is 10.8. The van der Waals surface area contributed by atoms with Crippen molar-refractivity contribution in [3.63, 3.8) is 0 Å². The summed E-state index contributed by atoms with van der Waals surface area (Å²) in [6.07, 6.45) is 3.28. The van der Waals surface area contributed by atoms with Gasteiger partial charge in [0.2, 0.25) is 12.7 Å². The number of nitrogens with one attached hydrogen (secondary N) is 1. The van der Waals surface area contributed by atoms with Crippen LogP contribution in [0.25, 0.3) is 23.2 Å². The number of hydrogen-bond donors (Lipinski definition) is 1.